The number of sulfone groups is 1. The summed E-state index contributed by atoms with van der Waals surface area (Å²) in [6.07, 6.45) is 1.49. The van der Waals surface area contributed by atoms with Crippen molar-refractivity contribution in [3.05, 3.63) is 120 Å². The van der Waals surface area contributed by atoms with Gasteiger partial charge in [-0.2, -0.15) is 0 Å². The van der Waals surface area contributed by atoms with Gasteiger partial charge >= 0.3 is 12.1 Å². The molecule has 218 valence electrons. The molecule has 42 heavy (non-hydrogen) atoms. The Morgan fingerprint density at radius 3 is 2.10 bits per heavy atom. The molecule has 0 aliphatic rings. The first kappa shape index (κ1) is 30.3. The number of benzene rings is 4. The summed E-state index contributed by atoms with van der Waals surface area (Å²) in [6.45, 7) is 4.10. The fourth-order valence-electron chi connectivity index (χ4n) is 4.24. The molecule has 4 rings (SSSR count). The Hall–Kier alpha value is -4.63. The maximum absolute atomic E-state index is 13.3. The summed E-state index contributed by atoms with van der Waals surface area (Å²) in [5.74, 6) is -0.548. The molecule has 0 aromatic heterocycles. The number of carboxylic acids is 1. The van der Waals surface area contributed by atoms with Crippen LogP contribution in [0.15, 0.2) is 113 Å². The zero-order valence-electron chi connectivity index (χ0n) is 23.4. The van der Waals surface area contributed by atoms with E-state index in [9.17, 15) is 23.1 Å². The lowest BCUT2D eigenvalue weighted by Gasteiger charge is -2.25. The van der Waals surface area contributed by atoms with Crippen molar-refractivity contribution < 1.29 is 32.6 Å². The van der Waals surface area contributed by atoms with Gasteiger partial charge in [-0.15, -0.1) is 0 Å². The topological polar surface area (TPSA) is 119 Å². The molecule has 0 unspecified atom stereocenters. The van der Waals surface area contributed by atoms with E-state index in [2.05, 4.69) is 5.32 Å². The van der Waals surface area contributed by atoms with Gasteiger partial charge < -0.3 is 19.9 Å². The minimum absolute atomic E-state index is 0.0430. The molecular formula is C33H33NO7S. The summed E-state index contributed by atoms with van der Waals surface area (Å²) in [5.41, 5.74) is 1.48. The number of carboxylic acid groups (broad SMARTS) is 1. The van der Waals surface area contributed by atoms with Gasteiger partial charge in [0.2, 0.25) is 9.84 Å². The second-order valence-electron chi connectivity index (χ2n) is 10.4. The van der Waals surface area contributed by atoms with Crippen LogP contribution in [0.3, 0.4) is 0 Å². The number of carbonyl (C=O) groups excluding carboxylic acids is 1. The Morgan fingerprint density at radius 2 is 1.40 bits per heavy atom. The predicted octanol–water partition coefficient (Wildman–Crippen LogP) is 6.69. The predicted molar refractivity (Wildman–Crippen MR) is 159 cm³/mol. The van der Waals surface area contributed by atoms with Crippen molar-refractivity contribution in [1.82, 2.24) is 5.32 Å². The van der Waals surface area contributed by atoms with E-state index in [1.165, 1.54) is 42.0 Å². The molecule has 4 aromatic carbocycles. The van der Waals surface area contributed by atoms with Gasteiger partial charge in [0.25, 0.3) is 0 Å². The molecule has 0 atom stereocenters. The van der Waals surface area contributed by atoms with Gasteiger partial charge in [-0.3, -0.25) is 0 Å². The molecule has 0 aliphatic heterocycles. The largest absolute Gasteiger partial charge is 0.478 e. The van der Waals surface area contributed by atoms with Crippen LogP contribution < -0.4 is 10.1 Å². The first-order valence-corrected chi connectivity index (χ1v) is 15.0. The van der Waals surface area contributed by atoms with Crippen LogP contribution in [0, 0.1) is 0 Å². The lowest BCUT2D eigenvalue weighted by molar-refractivity contribution is 0.0331. The number of aryl methyl sites for hydroxylation is 1. The summed E-state index contributed by atoms with van der Waals surface area (Å²) in [4.78, 5) is 23.7. The molecule has 0 bridgehead atoms. The standard InChI is InChI=1S/C33H33NO7S/c1-33(2,20-18-24-8-4-3-5-9-24)41-32(37)34-21-19-25-14-16-29(17-15-25)42(38,39)30-13-7-12-28(23-30)40-27-11-6-10-26(22-27)31(35)36/h3-17,22-23H,18-21H2,1-2H3,(H,34,37)(H,35,36). The van der Waals surface area contributed by atoms with E-state index in [0.29, 0.717) is 19.4 Å². The van der Waals surface area contributed by atoms with Crippen LogP contribution in [-0.2, 0) is 27.4 Å². The number of hydrogen-bond acceptors (Lipinski definition) is 6. The Bertz CT molecular complexity index is 1630. The highest BCUT2D eigenvalue weighted by molar-refractivity contribution is 7.91. The van der Waals surface area contributed by atoms with Crippen LogP contribution in [0.1, 0.15) is 41.8 Å². The van der Waals surface area contributed by atoms with Gasteiger partial charge in [0.15, 0.2) is 0 Å². The number of carbonyl (C=O) groups is 2. The van der Waals surface area contributed by atoms with Crippen molar-refractivity contribution in [3.63, 3.8) is 0 Å². The molecule has 2 N–H and O–H groups in total. The maximum Gasteiger partial charge on any atom is 0.407 e. The zero-order valence-corrected chi connectivity index (χ0v) is 24.3. The lowest BCUT2D eigenvalue weighted by Crippen LogP contribution is -2.35. The van der Waals surface area contributed by atoms with Crippen molar-refractivity contribution in [2.75, 3.05) is 6.54 Å². The summed E-state index contributed by atoms with van der Waals surface area (Å²) in [7, 11) is -3.84. The van der Waals surface area contributed by atoms with Gasteiger partial charge in [-0.05, 0) is 92.8 Å². The Morgan fingerprint density at radius 1 is 0.762 bits per heavy atom. The Kier molecular flexibility index (Phi) is 9.64. The lowest BCUT2D eigenvalue weighted by atomic mass is 9.99. The van der Waals surface area contributed by atoms with Gasteiger partial charge in [0, 0.05) is 6.54 Å². The number of alkyl carbamates (subject to hydrolysis) is 1. The molecule has 0 radical (unpaired) electrons. The summed E-state index contributed by atoms with van der Waals surface area (Å²) in [6, 6.07) is 28.5. The van der Waals surface area contributed by atoms with E-state index in [4.69, 9.17) is 9.47 Å². The van der Waals surface area contributed by atoms with Gasteiger partial charge in [-0.25, -0.2) is 18.0 Å². The molecule has 4 aromatic rings. The highest BCUT2D eigenvalue weighted by atomic mass is 32.2. The first-order chi connectivity index (χ1) is 20.0. The molecule has 0 aliphatic carbocycles. The van der Waals surface area contributed by atoms with Crippen molar-refractivity contribution in [2.45, 2.75) is 48.5 Å². The number of hydrogen-bond donors (Lipinski definition) is 2. The fourth-order valence-corrected chi connectivity index (χ4v) is 5.54. The van der Waals surface area contributed by atoms with Gasteiger partial charge in [0.1, 0.15) is 17.1 Å². The molecule has 0 heterocycles. The van der Waals surface area contributed by atoms with Crippen molar-refractivity contribution >= 4 is 21.9 Å². The fraction of sp³-hybridized carbons (Fsp3) is 0.212. The van der Waals surface area contributed by atoms with E-state index in [1.54, 1.807) is 36.4 Å². The Balaban J connectivity index is 1.30. The second kappa shape index (κ2) is 13.4. The molecular weight excluding hydrogens is 554 g/mol. The molecule has 1 amide bonds. The number of rotatable bonds is 12. The van der Waals surface area contributed by atoms with Crippen LogP contribution in [0.4, 0.5) is 4.79 Å². The number of aromatic carboxylic acids is 1. The first-order valence-electron chi connectivity index (χ1n) is 13.5. The van der Waals surface area contributed by atoms with E-state index in [-0.39, 0.29) is 26.9 Å². The van der Waals surface area contributed by atoms with E-state index in [0.717, 1.165) is 12.0 Å². The minimum Gasteiger partial charge on any atom is -0.478 e. The molecule has 9 heteroatoms. The van der Waals surface area contributed by atoms with Crippen LogP contribution >= 0.6 is 0 Å². The summed E-state index contributed by atoms with van der Waals surface area (Å²) < 4.78 is 37.9. The normalized spacial score (nSPS) is 11.5. The number of ether oxygens (including phenoxy) is 2. The Labute approximate surface area is 245 Å². The monoisotopic (exact) mass is 587 g/mol. The minimum atomic E-state index is -3.84. The zero-order chi connectivity index (χ0) is 30.2. The van der Waals surface area contributed by atoms with E-state index >= 15 is 0 Å². The summed E-state index contributed by atoms with van der Waals surface area (Å²) >= 11 is 0. The number of amides is 1. The molecule has 8 nitrogen and oxygen atoms in total. The smallest absolute Gasteiger partial charge is 0.407 e. The average molecular weight is 588 g/mol. The molecule has 0 fully saturated rings. The third-order valence-electron chi connectivity index (χ3n) is 6.58. The maximum atomic E-state index is 13.3. The summed E-state index contributed by atoms with van der Waals surface area (Å²) in [5, 5.41) is 11.9. The quantitative estimate of drug-likeness (QED) is 0.190. The highest BCUT2D eigenvalue weighted by Crippen LogP contribution is 2.28. The van der Waals surface area contributed by atoms with E-state index < -0.39 is 27.5 Å². The van der Waals surface area contributed by atoms with Gasteiger partial charge in [0.05, 0.1) is 15.4 Å². The van der Waals surface area contributed by atoms with E-state index in [1.807, 2.05) is 44.2 Å². The third-order valence-corrected chi connectivity index (χ3v) is 8.34. The van der Waals surface area contributed by atoms with Crippen LogP contribution in [0.5, 0.6) is 11.5 Å². The SMILES string of the molecule is CC(C)(CCc1ccccc1)OC(=O)NCCc1ccc(S(=O)(=O)c2cccc(Oc3cccc(C(=O)O)c3)c2)cc1. The molecule has 0 spiro atoms. The van der Waals surface area contributed by atoms with Crippen molar-refractivity contribution in [2.24, 2.45) is 0 Å². The van der Waals surface area contributed by atoms with Gasteiger partial charge in [-0.1, -0.05) is 54.6 Å². The third kappa shape index (κ3) is 8.44. The molecule has 0 saturated heterocycles. The number of nitrogens with one attached hydrogen (secondary N) is 1. The average Bonchev–Trinajstić information content (AvgIpc) is 2.97. The van der Waals surface area contributed by atoms with Crippen molar-refractivity contribution in [1.29, 1.82) is 0 Å². The van der Waals surface area contributed by atoms with Crippen LogP contribution in [-0.4, -0.2) is 37.7 Å². The molecule has 0 saturated carbocycles. The second-order valence-corrected chi connectivity index (χ2v) is 12.3. The highest BCUT2D eigenvalue weighted by Gasteiger charge is 2.23. The van der Waals surface area contributed by atoms with Crippen LogP contribution in [0.2, 0.25) is 0 Å². The van der Waals surface area contributed by atoms with Crippen LogP contribution in [0.25, 0.3) is 0 Å². The van der Waals surface area contributed by atoms with Crippen molar-refractivity contribution in [3.8, 4) is 11.5 Å².